The molecule has 1 aliphatic heterocycles. The molecule has 0 saturated carbocycles. The van der Waals surface area contributed by atoms with Crippen LogP contribution in [-0.2, 0) is 17.9 Å². The van der Waals surface area contributed by atoms with E-state index in [2.05, 4.69) is 48.4 Å². The van der Waals surface area contributed by atoms with Gasteiger partial charge in [-0.3, -0.25) is 9.78 Å². The van der Waals surface area contributed by atoms with Crippen LogP contribution in [0.1, 0.15) is 49.3 Å². The Morgan fingerprint density at radius 1 is 1.22 bits per heavy atom. The van der Waals surface area contributed by atoms with E-state index >= 15 is 0 Å². The molecule has 0 radical (unpaired) electrons. The quantitative estimate of drug-likeness (QED) is 0.790. The number of rotatable bonds is 7. The number of piperidine rings is 1. The first-order valence-corrected chi connectivity index (χ1v) is 9.68. The number of nitrogens with one attached hydrogen (secondary N) is 1. The van der Waals surface area contributed by atoms with Crippen LogP contribution in [0.4, 0.5) is 0 Å². The monoisotopic (exact) mass is 367 g/mol. The highest BCUT2D eigenvalue weighted by molar-refractivity contribution is 5.86. The van der Waals surface area contributed by atoms with Gasteiger partial charge in [0.05, 0.1) is 0 Å². The third kappa shape index (κ3) is 4.93. The fourth-order valence-corrected chi connectivity index (χ4v) is 3.52. The predicted octanol–water partition coefficient (Wildman–Crippen LogP) is 2.85. The molecule has 1 aromatic carbocycles. The molecule has 27 heavy (non-hydrogen) atoms. The van der Waals surface area contributed by atoms with Gasteiger partial charge in [-0.1, -0.05) is 44.2 Å². The first-order valence-electron chi connectivity index (χ1n) is 9.68. The van der Waals surface area contributed by atoms with Gasteiger partial charge < -0.3 is 15.3 Å². The molecular formula is C22H29N3O2. The van der Waals surface area contributed by atoms with Crippen molar-refractivity contribution in [2.24, 2.45) is 0 Å². The highest BCUT2D eigenvalue weighted by Gasteiger charge is 2.41. The molecule has 5 heteroatoms. The van der Waals surface area contributed by atoms with Crippen molar-refractivity contribution >= 4 is 5.91 Å². The van der Waals surface area contributed by atoms with Gasteiger partial charge in [0.25, 0.3) is 5.91 Å². The predicted molar refractivity (Wildman–Crippen MR) is 106 cm³/mol. The number of carbonyl (C=O) groups is 1. The first-order chi connectivity index (χ1) is 13.0. The van der Waals surface area contributed by atoms with Gasteiger partial charge in [0, 0.05) is 38.6 Å². The van der Waals surface area contributed by atoms with Crippen LogP contribution in [-0.4, -0.2) is 39.6 Å². The van der Waals surface area contributed by atoms with Gasteiger partial charge in [0.1, 0.15) is 0 Å². The van der Waals surface area contributed by atoms with Gasteiger partial charge in [-0.2, -0.15) is 0 Å². The Kier molecular flexibility index (Phi) is 6.24. The van der Waals surface area contributed by atoms with Crippen LogP contribution in [0.15, 0.2) is 48.8 Å². The van der Waals surface area contributed by atoms with Crippen LogP contribution in [0.25, 0.3) is 0 Å². The lowest BCUT2D eigenvalue weighted by Crippen LogP contribution is -2.57. The van der Waals surface area contributed by atoms with Crippen molar-refractivity contribution in [3.63, 3.8) is 0 Å². The van der Waals surface area contributed by atoms with Gasteiger partial charge in [-0.25, -0.2) is 0 Å². The molecule has 2 aromatic rings. The third-order valence-corrected chi connectivity index (χ3v) is 5.19. The number of aliphatic hydroxyl groups is 1. The van der Waals surface area contributed by atoms with Crippen molar-refractivity contribution in [1.29, 1.82) is 0 Å². The normalized spacial score (nSPS) is 20.3. The van der Waals surface area contributed by atoms with Crippen molar-refractivity contribution < 1.29 is 9.90 Å². The molecule has 1 saturated heterocycles. The van der Waals surface area contributed by atoms with E-state index in [-0.39, 0.29) is 12.5 Å². The molecule has 1 aliphatic rings. The minimum Gasteiger partial charge on any atom is -0.379 e. The summed E-state index contributed by atoms with van der Waals surface area (Å²) in [5.41, 5.74) is 2.09. The van der Waals surface area contributed by atoms with Gasteiger partial charge in [-0.05, 0) is 41.5 Å². The Morgan fingerprint density at radius 3 is 2.67 bits per heavy atom. The van der Waals surface area contributed by atoms with Crippen LogP contribution < -0.4 is 5.32 Å². The summed E-state index contributed by atoms with van der Waals surface area (Å²) in [6.07, 6.45) is 4.82. The Bertz CT molecular complexity index is 746. The molecule has 0 unspecified atom stereocenters. The van der Waals surface area contributed by atoms with Crippen LogP contribution in [0, 0.1) is 0 Å². The first kappa shape index (κ1) is 19.5. The van der Waals surface area contributed by atoms with E-state index in [4.69, 9.17) is 0 Å². The molecule has 1 atom stereocenters. The summed E-state index contributed by atoms with van der Waals surface area (Å²) in [5.74, 6) is 0.312. The molecule has 0 spiro atoms. The average molecular weight is 367 g/mol. The van der Waals surface area contributed by atoms with E-state index < -0.39 is 5.60 Å². The summed E-state index contributed by atoms with van der Waals surface area (Å²) in [4.78, 5) is 18.8. The summed E-state index contributed by atoms with van der Waals surface area (Å²) in [6.45, 7) is 6.41. The maximum absolute atomic E-state index is 12.9. The Balaban J connectivity index is 1.58. The van der Waals surface area contributed by atoms with Gasteiger partial charge in [0.15, 0.2) is 5.60 Å². The number of aromatic nitrogens is 1. The second-order valence-corrected chi connectivity index (χ2v) is 7.72. The maximum Gasteiger partial charge on any atom is 0.256 e. The van der Waals surface area contributed by atoms with E-state index in [1.807, 2.05) is 12.1 Å². The number of amides is 1. The second-order valence-electron chi connectivity index (χ2n) is 7.72. The minimum atomic E-state index is -1.33. The highest BCUT2D eigenvalue weighted by atomic mass is 16.3. The third-order valence-electron chi connectivity index (χ3n) is 5.19. The molecule has 144 valence electrons. The van der Waals surface area contributed by atoms with Crippen LogP contribution in [0.5, 0.6) is 0 Å². The summed E-state index contributed by atoms with van der Waals surface area (Å²) in [7, 11) is 0. The zero-order chi connectivity index (χ0) is 19.3. The minimum absolute atomic E-state index is 0.180. The molecule has 1 fully saturated rings. The molecule has 1 amide bonds. The number of pyridine rings is 1. The summed E-state index contributed by atoms with van der Waals surface area (Å²) < 4.78 is 0. The lowest BCUT2D eigenvalue weighted by molar-refractivity contribution is -0.157. The summed E-state index contributed by atoms with van der Waals surface area (Å²) >= 11 is 0. The van der Waals surface area contributed by atoms with E-state index in [1.165, 1.54) is 5.56 Å². The standard InChI is InChI=1S/C22H29N3O2/c1-17(2)20-8-6-18(7-9-20)15-25-12-4-10-22(27,21(25)26)16-24-14-19-5-3-11-23-13-19/h3,5-9,11,13,17,24,27H,4,10,12,14-16H2,1-2H3/t22-/m0/s1. The molecule has 0 bridgehead atoms. The lowest BCUT2D eigenvalue weighted by Gasteiger charge is -2.38. The maximum atomic E-state index is 12.9. The van der Waals surface area contributed by atoms with Crippen LogP contribution >= 0.6 is 0 Å². The topological polar surface area (TPSA) is 65.5 Å². The van der Waals surface area contributed by atoms with Crippen molar-refractivity contribution in [2.45, 2.75) is 51.3 Å². The number of hydrogen-bond acceptors (Lipinski definition) is 4. The zero-order valence-electron chi connectivity index (χ0n) is 16.2. The Hall–Kier alpha value is -2.24. The van der Waals surface area contributed by atoms with Crippen molar-refractivity contribution in [3.8, 4) is 0 Å². The van der Waals surface area contributed by atoms with E-state index in [0.717, 1.165) is 17.5 Å². The molecule has 3 rings (SSSR count). The SMILES string of the molecule is CC(C)c1ccc(CN2CCC[C@](O)(CNCc3cccnc3)C2=O)cc1. The van der Waals surface area contributed by atoms with E-state index in [0.29, 0.717) is 32.0 Å². The van der Waals surface area contributed by atoms with E-state index in [1.54, 1.807) is 17.3 Å². The molecule has 0 aliphatic carbocycles. The summed E-state index contributed by atoms with van der Waals surface area (Å²) in [5, 5.41) is 14.1. The van der Waals surface area contributed by atoms with Crippen LogP contribution in [0.3, 0.4) is 0 Å². The molecule has 1 aromatic heterocycles. The largest absolute Gasteiger partial charge is 0.379 e. The number of nitrogens with zero attached hydrogens (tertiary/aromatic N) is 2. The van der Waals surface area contributed by atoms with E-state index in [9.17, 15) is 9.90 Å². The fourth-order valence-electron chi connectivity index (χ4n) is 3.52. The van der Waals surface area contributed by atoms with Crippen LogP contribution in [0.2, 0.25) is 0 Å². The van der Waals surface area contributed by atoms with Crippen molar-refractivity contribution in [2.75, 3.05) is 13.1 Å². The Morgan fingerprint density at radius 2 is 2.00 bits per heavy atom. The molecule has 5 nitrogen and oxygen atoms in total. The smallest absolute Gasteiger partial charge is 0.256 e. The Labute approximate surface area is 161 Å². The molecule has 2 N–H and O–H groups in total. The fraction of sp³-hybridized carbons (Fsp3) is 0.455. The molecule has 2 heterocycles. The lowest BCUT2D eigenvalue weighted by atomic mass is 9.91. The van der Waals surface area contributed by atoms with Crippen molar-refractivity contribution in [1.82, 2.24) is 15.2 Å². The second kappa shape index (κ2) is 8.63. The van der Waals surface area contributed by atoms with Crippen molar-refractivity contribution in [3.05, 3.63) is 65.5 Å². The molecular weight excluding hydrogens is 338 g/mol. The number of benzene rings is 1. The van der Waals surface area contributed by atoms with Gasteiger partial charge >= 0.3 is 0 Å². The summed E-state index contributed by atoms with van der Waals surface area (Å²) in [6, 6.07) is 12.3. The number of carbonyl (C=O) groups excluding carboxylic acids is 1. The zero-order valence-corrected chi connectivity index (χ0v) is 16.2. The highest BCUT2D eigenvalue weighted by Crippen LogP contribution is 2.24. The van der Waals surface area contributed by atoms with Gasteiger partial charge in [-0.15, -0.1) is 0 Å². The van der Waals surface area contributed by atoms with Gasteiger partial charge in [0.2, 0.25) is 0 Å². The number of likely N-dealkylation sites (tertiary alicyclic amines) is 1. The number of hydrogen-bond donors (Lipinski definition) is 2. The average Bonchev–Trinajstić information content (AvgIpc) is 2.67.